The van der Waals surface area contributed by atoms with Crippen LogP contribution in [-0.4, -0.2) is 36.1 Å². The van der Waals surface area contributed by atoms with Crippen molar-refractivity contribution in [1.82, 2.24) is 9.97 Å². The highest BCUT2D eigenvalue weighted by Gasteiger charge is 2.18. The number of anilines is 2. The molecule has 20 heavy (non-hydrogen) atoms. The lowest BCUT2D eigenvalue weighted by atomic mass is 10.2. The Morgan fingerprint density at radius 3 is 2.35 bits per heavy atom. The van der Waals surface area contributed by atoms with Gasteiger partial charge in [-0.3, -0.25) is 0 Å². The first kappa shape index (κ1) is 12.9. The van der Waals surface area contributed by atoms with Gasteiger partial charge < -0.3 is 9.80 Å². The van der Waals surface area contributed by atoms with Crippen molar-refractivity contribution in [2.24, 2.45) is 0 Å². The number of aromatic nitrogens is 2. The number of rotatable bonds is 2. The second kappa shape index (κ2) is 5.49. The Morgan fingerprint density at radius 2 is 1.65 bits per heavy atom. The summed E-state index contributed by atoms with van der Waals surface area (Å²) in [4.78, 5) is 13.3. The topological polar surface area (TPSA) is 32.3 Å². The molecule has 1 aliphatic rings. The minimum absolute atomic E-state index is 1.00. The summed E-state index contributed by atoms with van der Waals surface area (Å²) >= 11 is 0. The highest BCUT2D eigenvalue weighted by Crippen LogP contribution is 2.20. The number of benzene rings is 1. The molecule has 104 valence electrons. The van der Waals surface area contributed by atoms with E-state index in [-0.39, 0.29) is 0 Å². The third-order valence-corrected chi connectivity index (χ3v) is 3.76. The molecule has 1 saturated heterocycles. The minimum atomic E-state index is 1.00. The van der Waals surface area contributed by atoms with E-state index < -0.39 is 0 Å². The summed E-state index contributed by atoms with van der Waals surface area (Å²) in [6.07, 6.45) is 1.65. The van der Waals surface area contributed by atoms with Crippen molar-refractivity contribution < 1.29 is 0 Å². The highest BCUT2D eigenvalue weighted by atomic mass is 15.3. The van der Waals surface area contributed by atoms with Crippen molar-refractivity contribution in [3.05, 3.63) is 47.9 Å². The summed E-state index contributed by atoms with van der Waals surface area (Å²) in [7, 11) is 0. The molecule has 0 atom stereocenters. The van der Waals surface area contributed by atoms with Crippen molar-refractivity contribution in [2.45, 2.75) is 13.8 Å². The Bertz CT molecular complexity index is 535. The molecule has 1 aliphatic heterocycles. The molecule has 2 heterocycles. The van der Waals surface area contributed by atoms with Crippen LogP contribution in [0, 0.1) is 13.8 Å². The fourth-order valence-corrected chi connectivity index (χ4v) is 2.63. The summed E-state index contributed by atoms with van der Waals surface area (Å²) in [6.45, 7) is 8.23. The Morgan fingerprint density at radius 1 is 0.900 bits per heavy atom. The third-order valence-electron chi connectivity index (χ3n) is 3.76. The molecule has 4 nitrogen and oxygen atoms in total. The van der Waals surface area contributed by atoms with Gasteiger partial charge in [-0.25, -0.2) is 9.97 Å². The molecule has 4 heteroatoms. The zero-order chi connectivity index (χ0) is 13.9. The van der Waals surface area contributed by atoms with Gasteiger partial charge in [0.2, 0.25) is 0 Å². The van der Waals surface area contributed by atoms with Gasteiger partial charge in [0.25, 0.3) is 0 Å². The molecular weight excluding hydrogens is 248 g/mol. The van der Waals surface area contributed by atoms with Crippen LogP contribution < -0.4 is 9.80 Å². The van der Waals surface area contributed by atoms with Gasteiger partial charge in [0.1, 0.15) is 12.1 Å². The fourth-order valence-electron chi connectivity index (χ4n) is 2.63. The molecule has 0 amide bonds. The third kappa shape index (κ3) is 2.74. The summed E-state index contributed by atoms with van der Waals surface area (Å²) in [5.41, 5.74) is 3.66. The van der Waals surface area contributed by atoms with Crippen LogP contribution in [0.2, 0.25) is 0 Å². The first-order valence-electron chi connectivity index (χ1n) is 7.07. The lowest BCUT2D eigenvalue weighted by molar-refractivity contribution is 0.646. The SMILES string of the molecule is Cc1cccc(N2CCN(c3cc(C)ncn3)CC2)c1. The molecule has 0 N–H and O–H groups in total. The van der Waals surface area contributed by atoms with Gasteiger partial charge in [0, 0.05) is 43.6 Å². The standard InChI is InChI=1S/C16H20N4/c1-13-4-3-5-15(10-13)19-6-8-20(9-7-19)16-11-14(2)17-12-18-16/h3-5,10-12H,6-9H2,1-2H3. The van der Waals surface area contributed by atoms with Crippen molar-refractivity contribution in [3.8, 4) is 0 Å². The van der Waals surface area contributed by atoms with E-state index >= 15 is 0 Å². The molecule has 0 bridgehead atoms. The van der Waals surface area contributed by atoms with Crippen LogP contribution in [0.5, 0.6) is 0 Å². The van der Waals surface area contributed by atoms with Crippen LogP contribution in [0.15, 0.2) is 36.7 Å². The van der Waals surface area contributed by atoms with E-state index in [1.807, 2.05) is 6.92 Å². The minimum Gasteiger partial charge on any atom is -0.368 e. The summed E-state index contributed by atoms with van der Waals surface area (Å²) in [6, 6.07) is 10.8. The van der Waals surface area contributed by atoms with Crippen LogP contribution in [-0.2, 0) is 0 Å². The maximum Gasteiger partial charge on any atom is 0.132 e. The number of aryl methyl sites for hydroxylation is 2. The van der Waals surface area contributed by atoms with Crippen molar-refractivity contribution in [1.29, 1.82) is 0 Å². The smallest absolute Gasteiger partial charge is 0.132 e. The Kier molecular flexibility index (Phi) is 3.54. The number of hydrogen-bond donors (Lipinski definition) is 0. The van der Waals surface area contributed by atoms with E-state index in [4.69, 9.17) is 0 Å². The van der Waals surface area contributed by atoms with Crippen LogP contribution in [0.25, 0.3) is 0 Å². The normalized spacial score (nSPS) is 15.5. The first-order valence-corrected chi connectivity index (χ1v) is 7.07. The van der Waals surface area contributed by atoms with Crippen LogP contribution in [0.1, 0.15) is 11.3 Å². The van der Waals surface area contributed by atoms with Gasteiger partial charge in [-0.2, -0.15) is 0 Å². The summed E-state index contributed by atoms with van der Waals surface area (Å²) in [5.74, 6) is 1.04. The van der Waals surface area contributed by atoms with Crippen LogP contribution in [0.3, 0.4) is 0 Å². The lowest BCUT2D eigenvalue weighted by Gasteiger charge is -2.36. The van der Waals surface area contributed by atoms with E-state index in [0.29, 0.717) is 0 Å². The highest BCUT2D eigenvalue weighted by molar-refractivity contribution is 5.50. The molecule has 1 aromatic heterocycles. The second-order valence-electron chi connectivity index (χ2n) is 5.33. The molecule has 3 rings (SSSR count). The number of nitrogens with zero attached hydrogens (tertiary/aromatic N) is 4. The lowest BCUT2D eigenvalue weighted by Crippen LogP contribution is -2.46. The van der Waals surface area contributed by atoms with Gasteiger partial charge >= 0.3 is 0 Å². The number of piperazine rings is 1. The molecule has 0 unspecified atom stereocenters. The monoisotopic (exact) mass is 268 g/mol. The molecule has 0 spiro atoms. The molecule has 2 aromatic rings. The van der Waals surface area contributed by atoms with Gasteiger partial charge in [-0.1, -0.05) is 12.1 Å². The average Bonchev–Trinajstić information content (AvgIpc) is 2.47. The Hall–Kier alpha value is -2.10. The quantitative estimate of drug-likeness (QED) is 0.837. The molecule has 0 radical (unpaired) electrons. The molecule has 0 saturated carbocycles. The first-order chi connectivity index (χ1) is 9.72. The maximum absolute atomic E-state index is 4.37. The maximum atomic E-state index is 4.37. The molecular formula is C16H20N4. The molecule has 1 aromatic carbocycles. The van der Waals surface area contributed by atoms with E-state index in [1.54, 1.807) is 6.33 Å². The van der Waals surface area contributed by atoms with Gasteiger partial charge in [-0.05, 0) is 31.5 Å². The van der Waals surface area contributed by atoms with Gasteiger partial charge in [-0.15, -0.1) is 0 Å². The van der Waals surface area contributed by atoms with Gasteiger partial charge in [0.05, 0.1) is 0 Å². The van der Waals surface area contributed by atoms with E-state index in [9.17, 15) is 0 Å². The molecule has 1 fully saturated rings. The second-order valence-corrected chi connectivity index (χ2v) is 5.33. The van der Waals surface area contributed by atoms with E-state index in [1.165, 1.54) is 11.3 Å². The van der Waals surface area contributed by atoms with Crippen molar-refractivity contribution in [3.63, 3.8) is 0 Å². The zero-order valence-corrected chi connectivity index (χ0v) is 12.1. The summed E-state index contributed by atoms with van der Waals surface area (Å²) < 4.78 is 0. The predicted octanol–water partition coefficient (Wildman–Crippen LogP) is 2.42. The van der Waals surface area contributed by atoms with Crippen molar-refractivity contribution >= 4 is 11.5 Å². The van der Waals surface area contributed by atoms with Gasteiger partial charge in [0.15, 0.2) is 0 Å². The molecule has 0 aliphatic carbocycles. The largest absolute Gasteiger partial charge is 0.368 e. The zero-order valence-electron chi connectivity index (χ0n) is 12.1. The predicted molar refractivity (Wildman–Crippen MR) is 82.4 cm³/mol. The Balaban J connectivity index is 1.68. The number of hydrogen-bond acceptors (Lipinski definition) is 4. The van der Waals surface area contributed by atoms with Crippen LogP contribution >= 0.6 is 0 Å². The van der Waals surface area contributed by atoms with E-state index in [0.717, 1.165) is 37.7 Å². The fraction of sp³-hybridized carbons (Fsp3) is 0.375. The van der Waals surface area contributed by atoms with Crippen molar-refractivity contribution in [2.75, 3.05) is 36.0 Å². The van der Waals surface area contributed by atoms with E-state index in [2.05, 4.69) is 57.0 Å². The average molecular weight is 268 g/mol. The van der Waals surface area contributed by atoms with Crippen LogP contribution in [0.4, 0.5) is 11.5 Å². The summed E-state index contributed by atoms with van der Waals surface area (Å²) in [5, 5.41) is 0. The Labute approximate surface area is 120 Å².